The van der Waals surface area contributed by atoms with E-state index in [1.165, 1.54) is 0 Å². The Morgan fingerprint density at radius 3 is 1.40 bits per heavy atom. The fourth-order valence-electron chi connectivity index (χ4n) is 3.42. The van der Waals surface area contributed by atoms with Gasteiger partial charge in [0.05, 0.1) is 11.1 Å². The molecular weight excluding hydrogens is 376 g/mol. The summed E-state index contributed by atoms with van der Waals surface area (Å²) in [5, 5.41) is 0. The van der Waals surface area contributed by atoms with Gasteiger partial charge in [-0.3, -0.25) is 9.97 Å². The van der Waals surface area contributed by atoms with Crippen LogP contribution < -0.4 is 0 Å². The number of oxazole rings is 2. The predicted molar refractivity (Wildman–Crippen MR) is 113 cm³/mol. The molecule has 0 aliphatic heterocycles. The Morgan fingerprint density at radius 1 is 0.500 bits per heavy atom. The van der Waals surface area contributed by atoms with Gasteiger partial charge >= 0.3 is 0 Å². The monoisotopic (exact) mass is 390 g/mol. The molecule has 0 saturated heterocycles. The molecule has 0 fully saturated rings. The Kier molecular flexibility index (Phi) is 3.67. The second kappa shape index (κ2) is 6.63. The van der Waals surface area contributed by atoms with Crippen LogP contribution in [0.5, 0.6) is 0 Å². The SMILES string of the molecule is c1ccc2oc(-c3cncc(-c4cncc(-c5nc6ccccc6o5)c4)c3)nc2c1. The van der Waals surface area contributed by atoms with Crippen LogP contribution in [-0.4, -0.2) is 19.9 Å². The zero-order chi connectivity index (χ0) is 19.9. The van der Waals surface area contributed by atoms with Gasteiger partial charge in [-0.25, -0.2) is 9.97 Å². The van der Waals surface area contributed by atoms with E-state index in [1.54, 1.807) is 24.8 Å². The summed E-state index contributed by atoms with van der Waals surface area (Å²) in [6.07, 6.45) is 7.07. The molecule has 0 aliphatic carbocycles. The van der Waals surface area contributed by atoms with Gasteiger partial charge in [-0.2, -0.15) is 0 Å². The number of fused-ring (bicyclic) bond motifs is 2. The first-order chi connectivity index (χ1) is 14.8. The lowest BCUT2D eigenvalue weighted by Gasteiger charge is -2.04. The summed E-state index contributed by atoms with van der Waals surface area (Å²) >= 11 is 0. The van der Waals surface area contributed by atoms with Crippen molar-refractivity contribution in [2.24, 2.45) is 0 Å². The molecule has 6 nitrogen and oxygen atoms in total. The molecule has 6 rings (SSSR count). The van der Waals surface area contributed by atoms with E-state index in [2.05, 4.69) is 19.9 Å². The molecule has 0 amide bonds. The number of pyridine rings is 2. The van der Waals surface area contributed by atoms with Gasteiger partial charge in [-0.1, -0.05) is 24.3 Å². The van der Waals surface area contributed by atoms with Crippen LogP contribution in [0.3, 0.4) is 0 Å². The van der Waals surface area contributed by atoms with Gasteiger partial charge in [0.1, 0.15) is 11.0 Å². The maximum absolute atomic E-state index is 5.88. The van der Waals surface area contributed by atoms with E-state index < -0.39 is 0 Å². The molecule has 0 N–H and O–H groups in total. The minimum atomic E-state index is 0.536. The highest BCUT2D eigenvalue weighted by Crippen LogP contribution is 2.30. The van der Waals surface area contributed by atoms with Crippen LogP contribution >= 0.6 is 0 Å². The van der Waals surface area contributed by atoms with E-state index in [-0.39, 0.29) is 0 Å². The van der Waals surface area contributed by atoms with Gasteiger partial charge < -0.3 is 8.83 Å². The van der Waals surface area contributed by atoms with Crippen molar-refractivity contribution in [3.8, 4) is 34.0 Å². The quantitative estimate of drug-likeness (QED) is 0.382. The van der Waals surface area contributed by atoms with E-state index in [1.807, 2.05) is 60.7 Å². The molecular formula is C24H14N4O2. The number of benzene rings is 2. The number of aromatic nitrogens is 4. The predicted octanol–water partition coefficient (Wildman–Crippen LogP) is 5.76. The fraction of sp³-hybridized carbons (Fsp3) is 0. The average molecular weight is 390 g/mol. The highest BCUT2D eigenvalue weighted by molar-refractivity contribution is 5.79. The minimum absolute atomic E-state index is 0.536. The van der Waals surface area contributed by atoms with Crippen molar-refractivity contribution in [3.05, 3.63) is 85.5 Å². The highest BCUT2D eigenvalue weighted by atomic mass is 16.4. The Morgan fingerprint density at radius 2 is 0.933 bits per heavy atom. The Balaban J connectivity index is 1.41. The lowest BCUT2D eigenvalue weighted by atomic mass is 10.1. The molecule has 0 unspecified atom stereocenters. The zero-order valence-corrected chi connectivity index (χ0v) is 15.7. The van der Waals surface area contributed by atoms with Gasteiger partial charge in [0.2, 0.25) is 11.8 Å². The smallest absolute Gasteiger partial charge is 0.228 e. The van der Waals surface area contributed by atoms with Gasteiger partial charge in [0, 0.05) is 35.9 Å². The molecule has 6 heteroatoms. The fourth-order valence-corrected chi connectivity index (χ4v) is 3.42. The largest absolute Gasteiger partial charge is 0.436 e. The zero-order valence-electron chi connectivity index (χ0n) is 15.7. The number of rotatable bonds is 3. The third-order valence-electron chi connectivity index (χ3n) is 4.89. The first-order valence-corrected chi connectivity index (χ1v) is 9.46. The van der Waals surface area contributed by atoms with Crippen LogP contribution in [0, 0.1) is 0 Å². The second-order valence-electron chi connectivity index (χ2n) is 6.90. The summed E-state index contributed by atoms with van der Waals surface area (Å²) in [4.78, 5) is 17.9. The summed E-state index contributed by atoms with van der Waals surface area (Å²) < 4.78 is 11.8. The van der Waals surface area contributed by atoms with Gasteiger partial charge in [0.25, 0.3) is 0 Å². The van der Waals surface area contributed by atoms with Crippen LogP contribution in [0.2, 0.25) is 0 Å². The normalized spacial score (nSPS) is 11.3. The van der Waals surface area contributed by atoms with Crippen LogP contribution in [0.25, 0.3) is 56.2 Å². The summed E-state index contributed by atoms with van der Waals surface area (Å²) in [5.74, 6) is 1.07. The van der Waals surface area contributed by atoms with Crippen LogP contribution in [0.15, 0.2) is 94.3 Å². The van der Waals surface area contributed by atoms with Crippen molar-refractivity contribution in [3.63, 3.8) is 0 Å². The van der Waals surface area contributed by atoms with E-state index in [9.17, 15) is 0 Å². The molecule has 6 aromatic rings. The number of para-hydroxylation sites is 4. The van der Waals surface area contributed by atoms with Crippen LogP contribution in [-0.2, 0) is 0 Å². The van der Waals surface area contributed by atoms with Crippen LogP contribution in [0.1, 0.15) is 0 Å². The van der Waals surface area contributed by atoms with E-state index in [0.717, 1.165) is 44.5 Å². The maximum Gasteiger partial charge on any atom is 0.228 e. The van der Waals surface area contributed by atoms with Gasteiger partial charge in [0.15, 0.2) is 11.2 Å². The first-order valence-electron chi connectivity index (χ1n) is 9.46. The molecule has 30 heavy (non-hydrogen) atoms. The molecule has 0 spiro atoms. The van der Waals surface area contributed by atoms with Gasteiger partial charge in [-0.05, 0) is 36.4 Å². The van der Waals surface area contributed by atoms with Crippen LogP contribution in [0.4, 0.5) is 0 Å². The molecule has 142 valence electrons. The summed E-state index contributed by atoms with van der Waals surface area (Å²) in [7, 11) is 0. The molecule has 0 atom stereocenters. The molecule has 0 radical (unpaired) electrons. The van der Waals surface area contributed by atoms with Crippen molar-refractivity contribution in [1.29, 1.82) is 0 Å². The topological polar surface area (TPSA) is 77.8 Å². The van der Waals surface area contributed by atoms with Gasteiger partial charge in [-0.15, -0.1) is 0 Å². The Labute approximate surface area is 170 Å². The minimum Gasteiger partial charge on any atom is -0.436 e. The lowest BCUT2D eigenvalue weighted by Crippen LogP contribution is -1.87. The highest BCUT2D eigenvalue weighted by Gasteiger charge is 2.12. The number of hydrogen-bond acceptors (Lipinski definition) is 6. The average Bonchev–Trinajstić information content (AvgIpc) is 3.44. The Hall–Kier alpha value is -4.32. The van der Waals surface area contributed by atoms with Crippen molar-refractivity contribution >= 4 is 22.2 Å². The van der Waals surface area contributed by atoms with E-state index >= 15 is 0 Å². The van der Waals surface area contributed by atoms with Crippen molar-refractivity contribution < 1.29 is 8.83 Å². The maximum atomic E-state index is 5.88. The lowest BCUT2D eigenvalue weighted by molar-refractivity contribution is 0.619. The molecule has 0 bridgehead atoms. The van der Waals surface area contributed by atoms with E-state index in [0.29, 0.717) is 11.8 Å². The van der Waals surface area contributed by atoms with Crippen molar-refractivity contribution in [2.75, 3.05) is 0 Å². The standard InChI is InChI=1S/C24H14N4O2/c1-3-7-21-19(5-1)27-23(29-21)17-9-15(11-25-13-17)16-10-18(14-26-12-16)24-28-20-6-2-4-8-22(20)30-24/h1-14H. The molecule has 4 heterocycles. The summed E-state index contributed by atoms with van der Waals surface area (Å²) in [6, 6.07) is 19.4. The molecule has 2 aromatic carbocycles. The molecule has 0 saturated carbocycles. The number of nitrogens with zero attached hydrogens (tertiary/aromatic N) is 4. The summed E-state index contributed by atoms with van der Waals surface area (Å²) in [5.41, 5.74) is 6.54. The van der Waals surface area contributed by atoms with E-state index in [4.69, 9.17) is 8.83 Å². The third kappa shape index (κ3) is 2.82. The molecule has 0 aliphatic rings. The molecule has 4 aromatic heterocycles. The number of hydrogen-bond donors (Lipinski definition) is 0. The van der Waals surface area contributed by atoms with Crippen molar-refractivity contribution in [1.82, 2.24) is 19.9 Å². The summed E-state index contributed by atoms with van der Waals surface area (Å²) in [6.45, 7) is 0. The third-order valence-corrected chi connectivity index (χ3v) is 4.89. The van der Waals surface area contributed by atoms with Crippen molar-refractivity contribution in [2.45, 2.75) is 0 Å². The first kappa shape index (κ1) is 16.6. The second-order valence-corrected chi connectivity index (χ2v) is 6.90. The Bertz CT molecular complexity index is 1330.